The summed E-state index contributed by atoms with van der Waals surface area (Å²) in [6, 6.07) is 4.90. The summed E-state index contributed by atoms with van der Waals surface area (Å²) in [5.41, 5.74) is 6.90. The molecule has 2 rings (SSSR count). The van der Waals surface area contributed by atoms with Crippen molar-refractivity contribution in [3.63, 3.8) is 0 Å². The largest absolute Gasteiger partial charge is 0.397 e. The molecule has 0 atom stereocenters. The number of amides is 1. The van der Waals surface area contributed by atoms with Gasteiger partial charge in [-0.15, -0.1) is 0 Å². The maximum absolute atomic E-state index is 13.6. The first-order valence-corrected chi connectivity index (χ1v) is 6.57. The number of carbonyl (C=O) groups excluding carboxylic acids is 1. The van der Waals surface area contributed by atoms with Crippen molar-refractivity contribution in [2.75, 3.05) is 12.8 Å². The number of hydrogen-bond acceptors (Lipinski definition) is 2. The number of nitrogens with zero attached hydrogens (tertiary/aromatic N) is 2. The van der Waals surface area contributed by atoms with Crippen molar-refractivity contribution in [2.24, 2.45) is 0 Å². The molecule has 2 aromatic rings. The Morgan fingerprint density at radius 1 is 1.33 bits per heavy atom. The molecule has 6 heteroatoms. The smallest absolute Gasteiger partial charge is 0.270 e. The van der Waals surface area contributed by atoms with E-state index in [0.717, 1.165) is 6.07 Å². The number of halogens is 2. The molecule has 4 nitrogen and oxygen atoms in total. The Labute approximate surface area is 121 Å². The van der Waals surface area contributed by atoms with Crippen LogP contribution in [0.5, 0.6) is 0 Å². The summed E-state index contributed by atoms with van der Waals surface area (Å²) in [4.78, 5) is 13.7. The zero-order valence-electron chi connectivity index (χ0n) is 11.9. The molecule has 0 unspecified atom stereocenters. The second-order valence-electron chi connectivity index (χ2n) is 4.84. The number of nitrogens with two attached hydrogens (primary N) is 1. The zero-order valence-corrected chi connectivity index (χ0v) is 11.9. The van der Waals surface area contributed by atoms with Crippen molar-refractivity contribution >= 4 is 11.6 Å². The fraction of sp³-hybridized carbons (Fsp3) is 0.267. The van der Waals surface area contributed by atoms with Gasteiger partial charge in [0.05, 0.1) is 5.69 Å². The van der Waals surface area contributed by atoms with Crippen molar-refractivity contribution in [3.05, 3.63) is 53.4 Å². The first-order valence-electron chi connectivity index (χ1n) is 6.57. The van der Waals surface area contributed by atoms with Gasteiger partial charge >= 0.3 is 0 Å². The van der Waals surface area contributed by atoms with Gasteiger partial charge in [-0.1, -0.05) is 6.07 Å². The summed E-state index contributed by atoms with van der Waals surface area (Å²) in [7, 11) is 1.56. The Morgan fingerprint density at radius 2 is 2.05 bits per heavy atom. The SMILES string of the molecule is CCn1cc(N)cc1C(=O)N(C)Cc1ccc(F)cc1F. The maximum atomic E-state index is 13.6. The molecule has 21 heavy (non-hydrogen) atoms. The lowest BCUT2D eigenvalue weighted by Crippen LogP contribution is -2.28. The van der Waals surface area contributed by atoms with Gasteiger partial charge in [0.15, 0.2) is 0 Å². The van der Waals surface area contributed by atoms with E-state index in [2.05, 4.69) is 0 Å². The van der Waals surface area contributed by atoms with Gasteiger partial charge in [-0.3, -0.25) is 4.79 Å². The van der Waals surface area contributed by atoms with E-state index in [-0.39, 0.29) is 18.0 Å². The normalized spacial score (nSPS) is 10.7. The van der Waals surface area contributed by atoms with Crippen LogP contribution in [0.3, 0.4) is 0 Å². The molecular weight excluding hydrogens is 276 g/mol. The van der Waals surface area contributed by atoms with Crippen LogP contribution in [0.15, 0.2) is 30.5 Å². The van der Waals surface area contributed by atoms with Crippen LogP contribution in [0.2, 0.25) is 0 Å². The van der Waals surface area contributed by atoms with Gasteiger partial charge in [0.2, 0.25) is 0 Å². The molecule has 0 aliphatic rings. The van der Waals surface area contributed by atoms with E-state index in [1.54, 1.807) is 23.9 Å². The second kappa shape index (κ2) is 5.95. The number of carbonyl (C=O) groups is 1. The summed E-state index contributed by atoms with van der Waals surface area (Å²) in [6.07, 6.45) is 1.68. The Bertz CT molecular complexity index is 667. The van der Waals surface area contributed by atoms with Gasteiger partial charge in [0, 0.05) is 38.0 Å². The first-order chi connectivity index (χ1) is 9.92. The lowest BCUT2D eigenvalue weighted by molar-refractivity contribution is 0.0773. The fourth-order valence-corrected chi connectivity index (χ4v) is 2.15. The molecule has 0 bridgehead atoms. The molecule has 0 fully saturated rings. The van der Waals surface area contributed by atoms with Crippen molar-refractivity contribution in [2.45, 2.75) is 20.0 Å². The summed E-state index contributed by atoms with van der Waals surface area (Å²) in [6.45, 7) is 2.56. The summed E-state index contributed by atoms with van der Waals surface area (Å²) >= 11 is 0. The van der Waals surface area contributed by atoms with Crippen LogP contribution in [0.1, 0.15) is 23.0 Å². The Kier molecular flexibility index (Phi) is 4.26. The predicted molar refractivity (Wildman–Crippen MR) is 76.7 cm³/mol. The molecule has 2 N–H and O–H groups in total. The molecule has 0 spiro atoms. The van der Waals surface area contributed by atoms with Crippen LogP contribution in [0, 0.1) is 11.6 Å². The minimum Gasteiger partial charge on any atom is -0.397 e. The van der Waals surface area contributed by atoms with Crippen LogP contribution >= 0.6 is 0 Å². The fourth-order valence-electron chi connectivity index (χ4n) is 2.15. The van der Waals surface area contributed by atoms with Gasteiger partial charge < -0.3 is 15.2 Å². The predicted octanol–water partition coefficient (Wildman–Crippen LogP) is 2.64. The molecule has 1 heterocycles. The molecule has 0 aliphatic heterocycles. The number of anilines is 1. The van der Waals surface area contributed by atoms with Crippen molar-refractivity contribution in [3.8, 4) is 0 Å². The second-order valence-corrected chi connectivity index (χ2v) is 4.84. The Balaban J connectivity index is 2.19. The molecule has 0 radical (unpaired) electrons. The van der Waals surface area contributed by atoms with Crippen LogP contribution in [0.4, 0.5) is 14.5 Å². The highest BCUT2D eigenvalue weighted by Crippen LogP contribution is 2.16. The van der Waals surface area contributed by atoms with Gasteiger partial charge in [-0.05, 0) is 19.1 Å². The third kappa shape index (κ3) is 3.21. The van der Waals surface area contributed by atoms with Gasteiger partial charge in [-0.2, -0.15) is 0 Å². The molecule has 1 aromatic carbocycles. The standard InChI is InChI=1S/C15H17F2N3O/c1-3-20-9-12(18)7-14(20)15(21)19(2)8-10-4-5-11(16)6-13(10)17/h4-7,9H,3,8,18H2,1-2H3. The van der Waals surface area contributed by atoms with Crippen LogP contribution in [0.25, 0.3) is 0 Å². The summed E-state index contributed by atoms with van der Waals surface area (Å²) < 4.78 is 28.2. The number of aromatic nitrogens is 1. The quantitative estimate of drug-likeness (QED) is 0.942. The minimum absolute atomic E-state index is 0.0553. The highest BCUT2D eigenvalue weighted by atomic mass is 19.1. The maximum Gasteiger partial charge on any atom is 0.270 e. The van der Waals surface area contributed by atoms with Crippen molar-refractivity contribution < 1.29 is 13.6 Å². The lowest BCUT2D eigenvalue weighted by atomic mass is 10.2. The Hall–Kier alpha value is -2.37. The first kappa shape index (κ1) is 15.0. The Morgan fingerprint density at radius 3 is 2.67 bits per heavy atom. The van der Waals surface area contributed by atoms with E-state index in [9.17, 15) is 13.6 Å². The van der Waals surface area contributed by atoms with E-state index in [1.807, 2.05) is 6.92 Å². The van der Waals surface area contributed by atoms with Crippen LogP contribution in [-0.2, 0) is 13.1 Å². The monoisotopic (exact) mass is 293 g/mol. The van der Waals surface area contributed by atoms with Crippen LogP contribution in [-0.4, -0.2) is 22.4 Å². The third-order valence-electron chi connectivity index (χ3n) is 3.25. The third-order valence-corrected chi connectivity index (χ3v) is 3.25. The van der Waals surface area contributed by atoms with Gasteiger partial charge in [-0.25, -0.2) is 8.78 Å². The molecule has 1 amide bonds. The van der Waals surface area contributed by atoms with E-state index < -0.39 is 11.6 Å². The van der Waals surface area contributed by atoms with Gasteiger partial charge in [0.1, 0.15) is 17.3 Å². The molecule has 1 aromatic heterocycles. The average molecular weight is 293 g/mol. The average Bonchev–Trinajstić information content (AvgIpc) is 2.82. The van der Waals surface area contributed by atoms with Gasteiger partial charge in [0.25, 0.3) is 5.91 Å². The summed E-state index contributed by atoms with van der Waals surface area (Å²) in [5, 5.41) is 0. The minimum atomic E-state index is -0.667. The van der Waals surface area contributed by atoms with E-state index >= 15 is 0 Å². The number of benzene rings is 1. The molecular formula is C15H17F2N3O. The highest BCUT2D eigenvalue weighted by Gasteiger charge is 2.18. The van der Waals surface area contributed by atoms with Crippen molar-refractivity contribution in [1.82, 2.24) is 9.47 Å². The zero-order chi connectivity index (χ0) is 15.6. The number of rotatable bonds is 4. The molecule has 0 aliphatic carbocycles. The lowest BCUT2D eigenvalue weighted by Gasteiger charge is -2.18. The van der Waals surface area contributed by atoms with E-state index in [0.29, 0.717) is 17.9 Å². The molecule has 112 valence electrons. The topological polar surface area (TPSA) is 51.3 Å². The van der Waals surface area contributed by atoms with E-state index in [4.69, 9.17) is 5.73 Å². The number of hydrogen-bond donors (Lipinski definition) is 1. The number of aryl methyl sites for hydroxylation is 1. The summed E-state index contributed by atoms with van der Waals surface area (Å²) in [5.74, 6) is -1.57. The molecule has 0 saturated carbocycles. The molecule has 0 saturated heterocycles. The number of nitrogen functional groups attached to an aromatic ring is 1. The van der Waals surface area contributed by atoms with Crippen molar-refractivity contribution in [1.29, 1.82) is 0 Å². The highest BCUT2D eigenvalue weighted by molar-refractivity contribution is 5.93. The van der Waals surface area contributed by atoms with E-state index in [1.165, 1.54) is 17.0 Å². The van der Waals surface area contributed by atoms with Crippen LogP contribution < -0.4 is 5.73 Å².